The number of rotatable bonds is 1. The van der Waals surface area contributed by atoms with Gasteiger partial charge in [0.25, 0.3) is 0 Å². The molecule has 2 atom stereocenters. The first-order valence-corrected chi connectivity index (χ1v) is 4.14. The van der Waals surface area contributed by atoms with Gasteiger partial charge in [-0.05, 0) is 13.0 Å². The summed E-state index contributed by atoms with van der Waals surface area (Å²) in [5.41, 5.74) is 0.924. The fourth-order valence-electron chi connectivity index (χ4n) is 1.41. The number of nitrogens with zero attached hydrogens (tertiary/aromatic N) is 1. The van der Waals surface area contributed by atoms with Gasteiger partial charge in [0.2, 0.25) is 0 Å². The summed E-state index contributed by atoms with van der Waals surface area (Å²) in [6.45, 7) is 1.91. The summed E-state index contributed by atoms with van der Waals surface area (Å²) in [6, 6.07) is 3.74. The first-order chi connectivity index (χ1) is 6.27. The van der Waals surface area contributed by atoms with Crippen LogP contribution in [0.15, 0.2) is 24.5 Å². The highest BCUT2D eigenvalue weighted by Crippen LogP contribution is 2.24. The molecule has 2 heterocycles. The minimum atomic E-state index is -0.360. The van der Waals surface area contributed by atoms with E-state index in [1.165, 1.54) is 0 Å². The molecule has 2 rings (SSSR count). The lowest BCUT2D eigenvalue weighted by Crippen LogP contribution is -2.23. The van der Waals surface area contributed by atoms with Gasteiger partial charge in [-0.2, -0.15) is 0 Å². The standard InChI is InChI=1S/C9H10N2O2/c1-6-8(13-9(12)11-6)7-3-2-4-10-5-7/h2-6,8H,1H3,(H,11,12)/t6-,8+/m1/s1. The normalized spacial score (nSPS) is 26.7. The van der Waals surface area contributed by atoms with Crippen molar-refractivity contribution in [3.05, 3.63) is 30.1 Å². The van der Waals surface area contributed by atoms with E-state index < -0.39 is 0 Å². The number of ether oxygens (including phenoxy) is 1. The Labute approximate surface area is 75.9 Å². The number of carbonyl (C=O) groups is 1. The lowest BCUT2D eigenvalue weighted by Gasteiger charge is -2.11. The Morgan fingerprint density at radius 2 is 2.46 bits per heavy atom. The van der Waals surface area contributed by atoms with E-state index >= 15 is 0 Å². The van der Waals surface area contributed by atoms with Crippen molar-refractivity contribution >= 4 is 6.09 Å². The Bertz CT molecular complexity index is 313. The van der Waals surface area contributed by atoms with Crippen molar-refractivity contribution in [2.24, 2.45) is 0 Å². The highest BCUT2D eigenvalue weighted by atomic mass is 16.6. The fraction of sp³-hybridized carbons (Fsp3) is 0.333. The number of aromatic nitrogens is 1. The molecule has 1 amide bonds. The summed E-state index contributed by atoms with van der Waals surface area (Å²) in [4.78, 5) is 14.9. The zero-order valence-corrected chi connectivity index (χ0v) is 7.23. The van der Waals surface area contributed by atoms with Crippen LogP contribution in [0.5, 0.6) is 0 Å². The monoisotopic (exact) mass is 178 g/mol. The summed E-state index contributed by atoms with van der Waals surface area (Å²) < 4.78 is 5.07. The van der Waals surface area contributed by atoms with Gasteiger partial charge in [0.15, 0.2) is 6.10 Å². The van der Waals surface area contributed by atoms with Crippen LogP contribution in [0.4, 0.5) is 4.79 Å². The van der Waals surface area contributed by atoms with Crippen molar-refractivity contribution in [3.63, 3.8) is 0 Å². The Morgan fingerprint density at radius 1 is 1.62 bits per heavy atom. The van der Waals surface area contributed by atoms with E-state index in [9.17, 15) is 4.79 Å². The number of cyclic esters (lactones) is 1. The van der Waals surface area contributed by atoms with Crippen LogP contribution < -0.4 is 5.32 Å². The number of nitrogens with one attached hydrogen (secondary N) is 1. The van der Waals surface area contributed by atoms with Gasteiger partial charge in [-0.3, -0.25) is 4.98 Å². The molecule has 1 aromatic heterocycles. The molecule has 68 valence electrons. The van der Waals surface area contributed by atoms with E-state index in [4.69, 9.17) is 4.74 Å². The molecule has 0 unspecified atom stereocenters. The maximum atomic E-state index is 10.9. The molecule has 1 aliphatic rings. The summed E-state index contributed by atoms with van der Waals surface area (Å²) >= 11 is 0. The average molecular weight is 178 g/mol. The summed E-state index contributed by atoms with van der Waals surface area (Å²) in [5, 5.41) is 2.68. The molecule has 0 spiro atoms. The molecule has 0 aliphatic carbocycles. The summed E-state index contributed by atoms with van der Waals surface area (Å²) in [7, 11) is 0. The van der Waals surface area contributed by atoms with Gasteiger partial charge in [0.1, 0.15) is 0 Å². The third-order valence-corrected chi connectivity index (χ3v) is 2.05. The van der Waals surface area contributed by atoms with Gasteiger partial charge in [0.05, 0.1) is 6.04 Å². The quantitative estimate of drug-likeness (QED) is 0.704. The molecular weight excluding hydrogens is 168 g/mol. The smallest absolute Gasteiger partial charge is 0.408 e. The molecule has 4 heteroatoms. The number of hydrogen-bond acceptors (Lipinski definition) is 3. The lowest BCUT2D eigenvalue weighted by molar-refractivity contribution is 0.133. The second kappa shape index (κ2) is 3.05. The summed E-state index contributed by atoms with van der Waals surface area (Å²) in [5.74, 6) is 0. The second-order valence-electron chi connectivity index (χ2n) is 3.05. The molecule has 1 aliphatic heterocycles. The zero-order chi connectivity index (χ0) is 9.26. The van der Waals surface area contributed by atoms with E-state index in [1.54, 1.807) is 12.4 Å². The third kappa shape index (κ3) is 1.47. The van der Waals surface area contributed by atoms with E-state index in [2.05, 4.69) is 10.3 Å². The highest BCUT2D eigenvalue weighted by molar-refractivity contribution is 5.70. The van der Waals surface area contributed by atoms with E-state index in [-0.39, 0.29) is 18.2 Å². The third-order valence-electron chi connectivity index (χ3n) is 2.05. The van der Waals surface area contributed by atoms with Crippen LogP contribution in [-0.4, -0.2) is 17.1 Å². The van der Waals surface area contributed by atoms with E-state index in [0.29, 0.717) is 0 Å². The molecule has 0 radical (unpaired) electrons. The Kier molecular flexibility index (Phi) is 1.88. The van der Waals surface area contributed by atoms with Crippen LogP contribution in [0.2, 0.25) is 0 Å². The van der Waals surface area contributed by atoms with Gasteiger partial charge in [-0.1, -0.05) is 6.07 Å². The first kappa shape index (κ1) is 8.04. The SMILES string of the molecule is C[C@H]1NC(=O)O[C@@H]1c1cccnc1. The molecule has 0 saturated carbocycles. The van der Waals surface area contributed by atoms with Crippen LogP contribution in [0.1, 0.15) is 18.6 Å². The number of carbonyl (C=O) groups excluding carboxylic acids is 1. The average Bonchev–Trinajstić information content (AvgIpc) is 2.47. The molecule has 4 nitrogen and oxygen atoms in total. The highest BCUT2D eigenvalue weighted by Gasteiger charge is 2.31. The molecule has 0 bridgehead atoms. The van der Waals surface area contributed by atoms with Crippen LogP contribution in [0, 0.1) is 0 Å². The zero-order valence-electron chi connectivity index (χ0n) is 7.23. The van der Waals surface area contributed by atoms with Crippen molar-refractivity contribution in [1.82, 2.24) is 10.3 Å². The number of alkyl carbamates (subject to hydrolysis) is 1. The predicted octanol–water partition coefficient (Wildman–Crippen LogP) is 1.25. The van der Waals surface area contributed by atoms with E-state index in [0.717, 1.165) is 5.56 Å². The molecule has 13 heavy (non-hydrogen) atoms. The van der Waals surface area contributed by atoms with Crippen LogP contribution in [-0.2, 0) is 4.74 Å². The Morgan fingerprint density at radius 3 is 3.00 bits per heavy atom. The number of amides is 1. The molecule has 1 N–H and O–H groups in total. The van der Waals surface area contributed by atoms with Gasteiger partial charge in [-0.25, -0.2) is 4.79 Å². The van der Waals surface area contributed by atoms with Crippen molar-refractivity contribution in [1.29, 1.82) is 0 Å². The predicted molar refractivity (Wildman–Crippen MR) is 46.1 cm³/mol. The minimum absolute atomic E-state index is 0.0108. The molecule has 1 fully saturated rings. The fourth-order valence-corrected chi connectivity index (χ4v) is 1.41. The second-order valence-corrected chi connectivity index (χ2v) is 3.05. The lowest BCUT2D eigenvalue weighted by atomic mass is 10.1. The minimum Gasteiger partial charge on any atom is -0.439 e. The number of pyridine rings is 1. The largest absolute Gasteiger partial charge is 0.439 e. The van der Waals surface area contributed by atoms with Gasteiger partial charge in [0, 0.05) is 18.0 Å². The molecule has 1 aromatic rings. The summed E-state index contributed by atoms with van der Waals surface area (Å²) in [6.07, 6.45) is 2.84. The van der Waals surface area contributed by atoms with Gasteiger partial charge < -0.3 is 10.1 Å². The van der Waals surface area contributed by atoms with E-state index in [1.807, 2.05) is 19.1 Å². The van der Waals surface area contributed by atoms with Crippen molar-refractivity contribution in [3.8, 4) is 0 Å². The van der Waals surface area contributed by atoms with Crippen LogP contribution in [0.3, 0.4) is 0 Å². The Balaban J connectivity index is 2.23. The maximum absolute atomic E-state index is 10.9. The Hall–Kier alpha value is -1.58. The molecule has 1 saturated heterocycles. The van der Waals surface area contributed by atoms with Crippen LogP contribution >= 0.6 is 0 Å². The molecule has 0 aromatic carbocycles. The van der Waals surface area contributed by atoms with Gasteiger partial charge >= 0.3 is 6.09 Å². The maximum Gasteiger partial charge on any atom is 0.408 e. The first-order valence-electron chi connectivity index (χ1n) is 4.14. The van der Waals surface area contributed by atoms with Crippen LogP contribution in [0.25, 0.3) is 0 Å². The molecular formula is C9H10N2O2. The van der Waals surface area contributed by atoms with Crippen molar-refractivity contribution in [2.75, 3.05) is 0 Å². The number of hydrogen-bond donors (Lipinski definition) is 1. The van der Waals surface area contributed by atoms with Gasteiger partial charge in [-0.15, -0.1) is 0 Å². The van der Waals surface area contributed by atoms with Crippen molar-refractivity contribution in [2.45, 2.75) is 19.1 Å². The topological polar surface area (TPSA) is 51.2 Å². The van der Waals surface area contributed by atoms with Crippen molar-refractivity contribution < 1.29 is 9.53 Å².